The summed E-state index contributed by atoms with van der Waals surface area (Å²) in [5, 5.41) is 1.38. The van der Waals surface area contributed by atoms with Gasteiger partial charge in [-0.15, -0.1) is 6.42 Å². The van der Waals surface area contributed by atoms with Crippen LogP contribution in [-0.4, -0.2) is 125 Å². The highest BCUT2D eigenvalue weighted by Gasteiger charge is 2.49. The van der Waals surface area contributed by atoms with Crippen LogP contribution in [0.4, 0.5) is 19.0 Å². The predicted octanol–water partition coefficient (Wildman–Crippen LogP) is 5.13. The van der Waals surface area contributed by atoms with Gasteiger partial charge in [-0.1, -0.05) is 36.3 Å². The fraction of sp³-hybridized carbons (Fsp3) is 0.463. The first-order valence-electron chi connectivity index (χ1n) is 18.8. The number of anilines is 1. The van der Waals surface area contributed by atoms with E-state index in [0.29, 0.717) is 78.7 Å². The second-order valence-electron chi connectivity index (χ2n) is 15.4. The van der Waals surface area contributed by atoms with E-state index >= 15 is 4.39 Å². The number of aromatic nitrogens is 3. The molecule has 7 heterocycles. The van der Waals surface area contributed by atoms with Crippen LogP contribution in [-0.2, 0) is 9.53 Å². The fourth-order valence-electron chi connectivity index (χ4n) is 9.41. The number of likely N-dealkylation sites (N-methyl/N-ethyl adjacent to an activating group) is 1. The molecule has 10 nitrogen and oxygen atoms in total. The summed E-state index contributed by atoms with van der Waals surface area (Å²) < 4.78 is 58.5. The molecular formula is C41H42F3N7O3. The molecule has 54 heavy (non-hydrogen) atoms. The summed E-state index contributed by atoms with van der Waals surface area (Å²) in [5.74, 6) is 1.46. The number of carbonyl (C=O) groups excluding carboxylic acids is 1. The zero-order valence-electron chi connectivity index (χ0n) is 30.2. The van der Waals surface area contributed by atoms with Gasteiger partial charge in [0.15, 0.2) is 5.82 Å². The van der Waals surface area contributed by atoms with Gasteiger partial charge >= 0.3 is 6.01 Å². The molecule has 9 rings (SSSR count). The van der Waals surface area contributed by atoms with Crippen LogP contribution in [0.2, 0.25) is 0 Å². The molecule has 5 atom stereocenters. The smallest absolute Gasteiger partial charge is 0.319 e. The Morgan fingerprint density at radius 3 is 2.89 bits per heavy atom. The van der Waals surface area contributed by atoms with Crippen LogP contribution in [0.5, 0.6) is 6.01 Å². The highest BCUT2D eigenvalue weighted by atomic mass is 19.1. The van der Waals surface area contributed by atoms with Crippen molar-refractivity contribution in [1.29, 1.82) is 0 Å². The standard InChI is InChI=1S/C41H42F3N7O3/c1-3-30-33(43)11-10-25-7-4-8-31(35(25)30)37-36(44)38-32(19-45-37)39(47-40(46-38)54-24-41-13-6-15-51(41)20-26(42)18-41)48(2)27-12-16-50(21-27)34(52)9-5-14-49-22-29-17-28(49)23-53-29/h1,4-5,7-11,19,26-29H,6,12-18,20-24H2,2H3/b9-5+/t26-,27-,28+,29+,41?/m1/s1. The third-order valence-electron chi connectivity index (χ3n) is 12.2. The zero-order valence-corrected chi connectivity index (χ0v) is 30.2. The second kappa shape index (κ2) is 13.8. The molecule has 1 unspecified atom stereocenters. The van der Waals surface area contributed by atoms with Gasteiger partial charge in [0.1, 0.15) is 35.6 Å². The molecule has 13 heteroatoms. The molecule has 5 aliphatic heterocycles. The minimum Gasteiger partial charge on any atom is -0.461 e. The van der Waals surface area contributed by atoms with Gasteiger partial charge in [-0.2, -0.15) is 9.97 Å². The molecule has 280 valence electrons. The number of alkyl halides is 1. The number of nitrogens with zero attached hydrogens (tertiary/aromatic N) is 7. The third-order valence-corrected chi connectivity index (χ3v) is 12.2. The van der Waals surface area contributed by atoms with Gasteiger partial charge in [0.25, 0.3) is 0 Å². The summed E-state index contributed by atoms with van der Waals surface area (Å²) in [4.78, 5) is 35.5. The maximum absolute atomic E-state index is 17.0. The van der Waals surface area contributed by atoms with E-state index in [4.69, 9.17) is 20.9 Å². The van der Waals surface area contributed by atoms with Crippen LogP contribution in [0.25, 0.3) is 32.9 Å². The highest BCUT2D eigenvalue weighted by Crippen LogP contribution is 2.41. The molecule has 0 radical (unpaired) electrons. The number of fused-ring (bicyclic) bond motifs is 5. The number of terminal acetylenes is 1. The van der Waals surface area contributed by atoms with Gasteiger partial charge in [0.05, 0.1) is 29.2 Å². The minimum atomic E-state index is -0.939. The van der Waals surface area contributed by atoms with Crippen molar-refractivity contribution in [2.24, 2.45) is 0 Å². The van der Waals surface area contributed by atoms with Crippen molar-refractivity contribution in [3.05, 3.63) is 65.9 Å². The normalized spacial score (nSPS) is 26.8. The lowest BCUT2D eigenvalue weighted by Crippen LogP contribution is -2.43. The average molecular weight is 738 g/mol. The Morgan fingerprint density at radius 2 is 2.07 bits per heavy atom. The lowest BCUT2D eigenvalue weighted by atomic mass is 9.95. The Labute approximate surface area is 311 Å². The molecule has 2 aromatic heterocycles. The molecule has 5 fully saturated rings. The van der Waals surface area contributed by atoms with Crippen LogP contribution >= 0.6 is 0 Å². The molecule has 0 saturated carbocycles. The van der Waals surface area contributed by atoms with Crippen molar-refractivity contribution in [1.82, 2.24) is 29.7 Å². The maximum Gasteiger partial charge on any atom is 0.319 e. The van der Waals surface area contributed by atoms with Gasteiger partial charge < -0.3 is 19.3 Å². The summed E-state index contributed by atoms with van der Waals surface area (Å²) in [7, 11) is 1.87. The Hall–Kier alpha value is -4.77. The van der Waals surface area contributed by atoms with E-state index in [2.05, 4.69) is 25.7 Å². The number of halogens is 3. The lowest BCUT2D eigenvalue weighted by molar-refractivity contribution is -0.125. The number of ether oxygens (including phenoxy) is 2. The number of benzene rings is 2. The van der Waals surface area contributed by atoms with Crippen LogP contribution < -0.4 is 9.64 Å². The van der Waals surface area contributed by atoms with Crippen LogP contribution in [0.15, 0.2) is 48.7 Å². The average Bonchev–Trinajstić information content (AvgIpc) is 4.02. The molecule has 0 aliphatic carbocycles. The van der Waals surface area contributed by atoms with Gasteiger partial charge in [0, 0.05) is 81.5 Å². The molecule has 0 spiro atoms. The Balaban J connectivity index is 1.03. The molecule has 0 N–H and O–H groups in total. The topological polar surface area (TPSA) is 87.2 Å². The predicted molar refractivity (Wildman–Crippen MR) is 199 cm³/mol. The molecule has 5 saturated heterocycles. The first-order valence-corrected chi connectivity index (χ1v) is 18.8. The molecule has 2 aromatic carbocycles. The molecule has 5 aliphatic rings. The van der Waals surface area contributed by atoms with Crippen molar-refractivity contribution in [3.8, 4) is 29.6 Å². The number of rotatable bonds is 9. The van der Waals surface area contributed by atoms with E-state index in [1.807, 2.05) is 22.9 Å². The van der Waals surface area contributed by atoms with E-state index in [1.165, 1.54) is 12.3 Å². The van der Waals surface area contributed by atoms with Crippen molar-refractivity contribution in [2.75, 3.05) is 64.4 Å². The summed E-state index contributed by atoms with van der Waals surface area (Å²) in [6, 6.07) is 8.35. The maximum atomic E-state index is 17.0. The van der Waals surface area contributed by atoms with Crippen LogP contribution in [0, 0.1) is 24.0 Å². The summed E-state index contributed by atoms with van der Waals surface area (Å²) in [5.41, 5.74) is -0.171. The first kappa shape index (κ1) is 35.0. The zero-order chi connectivity index (χ0) is 37.1. The van der Waals surface area contributed by atoms with Gasteiger partial charge in [0.2, 0.25) is 5.91 Å². The Morgan fingerprint density at radius 1 is 1.19 bits per heavy atom. The number of amides is 1. The van der Waals surface area contributed by atoms with Crippen molar-refractivity contribution >= 4 is 33.4 Å². The van der Waals surface area contributed by atoms with Crippen molar-refractivity contribution in [2.45, 2.75) is 62.0 Å². The van der Waals surface area contributed by atoms with Crippen molar-refractivity contribution in [3.63, 3.8) is 0 Å². The Bertz CT molecular complexity index is 2210. The summed E-state index contributed by atoms with van der Waals surface area (Å²) in [6.07, 6.45) is 14.0. The lowest BCUT2D eigenvalue weighted by Gasteiger charge is -2.31. The van der Waals surface area contributed by atoms with E-state index in [9.17, 15) is 13.6 Å². The van der Waals surface area contributed by atoms with Gasteiger partial charge in [-0.05, 0) is 43.7 Å². The van der Waals surface area contributed by atoms with E-state index < -0.39 is 23.3 Å². The number of morpholine rings is 1. The number of likely N-dealkylation sites (tertiary alicyclic amines) is 2. The third kappa shape index (κ3) is 6.04. The second-order valence-corrected chi connectivity index (χ2v) is 15.4. The SMILES string of the molecule is C#Cc1c(F)ccc2cccc(-c3ncc4c(N(C)[C@@H]5CCN(C(=O)/C=C/CN6C[C@@H]7C[C@H]6CO7)C5)nc(OCC56CCCN5C[C@H](F)C6)nc4c3F)c12. The van der Waals surface area contributed by atoms with Crippen LogP contribution in [0.1, 0.15) is 37.7 Å². The van der Waals surface area contributed by atoms with Crippen LogP contribution in [0.3, 0.4) is 0 Å². The summed E-state index contributed by atoms with van der Waals surface area (Å²) in [6.45, 7) is 4.71. The van der Waals surface area contributed by atoms with Gasteiger partial charge in [-0.3, -0.25) is 19.6 Å². The quantitative estimate of drug-likeness (QED) is 0.172. The van der Waals surface area contributed by atoms with E-state index in [-0.39, 0.29) is 41.3 Å². The molecule has 2 bridgehead atoms. The monoisotopic (exact) mass is 737 g/mol. The van der Waals surface area contributed by atoms with E-state index in [0.717, 1.165) is 39.0 Å². The largest absolute Gasteiger partial charge is 0.461 e. The fourth-order valence-corrected chi connectivity index (χ4v) is 9.41. The number of hydrogen-bond acceptors (Lipinski definition) is 9. The first-order chi connectivity index (χ1) is 26.2. The minimum absolute atomic E-state index is 0.0204. The molecule has 4 aromatic rings. The number of carbonyl (C=O) groups is 1. The van der Waals surface area contributed by atoms with E-state index in [1.54, 1.807) is 30.3 Å². The molecule has 1 amide bonds. The number of pyridine rings is 1. The molecular weight excluding hydrogens is 695 g/mol. The van der Waals surface area contributed by atoms with Gasteiger partial charge in [-0.25, -0.2) is 13.2 Å². The van der Waals surface area contributed by atoms with Crippen molar-refractivity contribution < 1.29 is 27.4 Å². The number of hydrogen-bond donors (Lipinski definition) is 0. The Kier molecular flexibility index (Phi) is 8.95. The highest BCUT2D eigenvalue weighted by molar-refractivity contribution is 6.02. The summed E-state index contributed by atoms with van der Waals surface area (Å²) >= 11 is 0.